The first-order chi connectivity index (χ1) is 11.2. The third kappa shape index (κ3) is 3.96. The van der Waals surface area contributed by atoms with Gasteiger partial charge in [0.1, 0.15) is 11.4 Å². The molecule has 132 valence electrons. The van der Waals surface area contributed by atoms with E-state index in [9.17, 15) is 19.8 Å². The van der Waals surface area contributed by atoms with E-state index >= 15 is 0 Å². The average Bonchev–Trinajstić information content (AvgIpc) is 2.51. The van der Waals surface area contributed by atoms with Crippen LogP contribution in [0.25, 0.3) is 0 Å². The number of benzene rings is 1. The van der Waals surface area contributed by atoms with Gasteiger partial charge in [-0.25, -0.2) is 0 Å². The summed E-state index contributed by atoms with van der Waals surface area (Å²) in [5.74, 6) is -0.405. The summed E-state index contributed by atoms with van der Waals surface area (Å²) in [5.41, 5.74) is -1.09. The maximum absolute atomic E-state index is 12.6. The van der Waals surface area contributed by atoms with Gasteiger partial charge in [-0.3, -0.25) is 9.59 Å². The van der Waals surface area contributed by atoms with E-state index in [4.69, 9.17) is 0 Å². The highest BCUT2D eigenvalue weighted by molar-refractivity contribution is 6.00. The van der Waals surface area contributed by atoms with Crippen LogP contribution in [0.2, 0.25) is 0 Å². The Morgan fingerprint density at radius 3 is 2.67 bits per heavy atom. The molecular weight excluding hydrogens is 306 g/mol. The number of phenols is 1. The van der Waals surface area contributed by atoms with Crippen molar-refractivity contribution in [3.8, 4) is 5.75 Å². The largest absolute Gasteiger partial charge is 0.508 e. The van der Waals surface area contributed by atoms with Crippen LogP contribution in [0.15, 0.2) is 24.3 Å². The number of rotatable bonds is 5. The quantitative estimate of drug-likeness (QED) is 0.723. The molecule has 1 aliphatic rings. The number of hydrogen-bond acceptors (Lipinski definition) is 4. The van der Waals surface area contributed by atoms with Crippen molar-refractivity contribution in [1.82, 2.24) is 5.32 Å². The molecule has 0 radical (unpaired) electrons. The van der Waals surface area contributed by atoms with Gasteiger partial charge in [0.05, 0.1) is 6.54 Å². The topological polar surface area (TPSA) is 86.6 Å². The van der Waals surface area contributed by atoms with Gasteiger partial charge in [0, 0.05) is 5.56 Å². The zero-order valence-electron chi connectivity index (χ0n) is 14.6. The van der Waals surface area contributed by atoms with Gasteiger partial charge in [0.2, 0.25) is 0 Å². The fourth-order valence-electron chi connectivity index (χ4n) is 3.73. The minimum atomic E-state index is -1.43. The molecule has 0 unspecified atom stereocenters. The first kappa shape index (κ1) is 18.5. The Morgan fingerprint density at radius 1 is 1.33 bits per heavy atom. The van der Waals surface area contributed by atoms with Gasteiger partial charge in [-0.1, -0.05) is 39.3 Å². The van der Waals surface area contributed by atoms with Crippen molar-refractivity contribution in [3.63, 3.8) is 0 Å². The number of carbonyl (C=O) groups is 2. The summed E-state index contributed by atoms with van der Waals surface area (Å²) in [5, 5.41) is 23.0. The summed E-state index contributed by atoms with van der Waals surface area (Å²) < 4.78 is 0. The standard InChI is InChI=1S/C19H27NO4/c1-12(2)16-8-7-13(3)10-19(16,24)18(23)20-11-17(22)14-5-4-6-15(21)9-14/h4-6,9,12-13,16,21,24H,7-8,10-11H2,1-3H3,(H,20,23)/t13-,16+,19+/m1/s1. The Labute approximate surface area is 143 Å². The molecule has 0 saturated heterocycles. The lowest BCUT2D eigenvalue weighted by atomic mass is 9.66. The highest BCUT2D eigenvalue weighted by Gasteiger charge is 2.48. The van der Waals surface area contributed by atoms with E-state index in [2.05, 4.69) is 5.32 Å². The van der Waals surface area contributed by atoms with Crippen LogP contribution in [0.5, 0.6) is 5.75 Å². The Kier molecular flexibility index (Phi) is 5.65. The van der Waals surface area contributed by atoms with Crippen molar-refractivity contribution in [2.24, 2.45) is 17.8 Å². The lowest BCUT2D eigenvalue weighted by Gasteiger charge is -2.43. The lowest BCUT2D eigenvalue weighted by Crippen LogP contribution is -2.56. The molecule has 1 saturated carbocycles. The van der Waals surface area contributed by atoms with Crippen molar-refractivity contribution in [3.05, 3.63) is 29.8 Å². The number of hydrogen-bond donors (Lipinski definition) is 3. The molecule has 0 aromatic heterocycles. The van der Waals surface area contributed by atoms with Crippen molar-refractivity contribution in [2.45, 2.75) is 45.6 Å². The molecule has 3 N–H and O–H groups in total. The predicted molar refractivity (Wildman–Crippen MR) is 91.7 cm³/mol. The van der Waals surface area contributed by atoms with E-state index in [1.807, 2.05) is 20.8 Å². The highest BCUT2D eigenvalue weighted by Crippen LogP contribution is 2.41. The van der Waals surface area contributed by atoms with Crippen LogP contribution in [-0.4, -0.2) is 34.0 Å². The maximum Gasteiger partial charge on any atom is 0.252 e. The Bertz CT molecular complexity index is 613. The van der Waals surface area contributed by atoms with Crippen LogP contribution in [0, 0.1) is 17.8 Å². The van der Waals surface area contributed by atoms with E-state index in [-0.39, 0.29) is 35.8 Å². The third-order valence-corrected chi connectivity index (χ3v) is 5.02. The summed E-state index contributed by atoms with van der Waals surface area (Å²) in [6, 6.07) is 6.01. The first-order valence-electron chi connectivity index (χ1n) is 8.57. The van der Waals surface area contributed by atoms with E-state index < -0.39 is 11.5 Å². The molecule has 3 atom stereocenters. The molecule has 1 aromatic rings. The van der Waals surface area contributed by atoms with Crippen LogP contribution >= 0.6 is 0 Å². The zero-order valence-corrected chi connectivity index (χ0v) is 14.6. The van der Waals surface area contributed by atoms with E-state index in [0.29, 0.717) is 12.0 Å². The Morgan fingerprint density at radius 2 is 2.04 bits per heavy atom. The summed E-state index contributed by atoms with van der Waals surface area (Å²) >= 11 is 0. The monoisotopic (exact) mass is 333 g/mol. The van der Waals surface area contributed by atoms with Gasteiger partial charge in [-0.2, -0.15) is 0 Å². The van der Waals surface area contributed by atoms with Crippen LogP contribution in [0.4, 0.5) is 0 Å². The number of amides is 1. The number of aliphatic hydroxyl groups is 1. The van der Waals surface area contributed by atoms with E-state index in [0.717, 1.165) is 12.8 Å². The molecule has 0 aliphatic heterocycles. The number of ketones is 1. The van der Waals surface area contributed by atoms with Gasteiger partial charge in [0.15, 0.2) is 5.78 Å². The van der Waals surface area contributed by atoms with E-state index in [1.165, 1.54) is 12.1 Å². The van der Waals surface area contributed by atoms with E-state index in [1.54, 1.807) is 12.1 Å². The van der Waals surface area contributed by atoms with Crippen LogP contribution < -0.4 is 5.32 Å². The second kappa shape index (κ2) is 7.34. The Hall–Kier alpha value is -1.88. The number of carbonyl (C=O) groups excluding carboxylic acids is 2. The first-order valence-corrected chi connectivity index (χ1v) is 8.57. The fourth-order valence-corrected chi connectivity index (χ4v) is 3.73. The second-order valence-corrected chi connectivity index (χ2v) is 7.32. The molecule has 5 heteroatoms. The molecule has 1 amide bonds. The number of phenolic OH excluding ortho intramolecular Hbond substituents is 1. The van der Waals surface area contributed by atoms with Crippen LogP contribution in [-0.2, 0) is 4.79 Å². The predicted octanol–water partition coefficient (Wildman–Crippen LogP) is 2.51. The summed E-state index contributed by atoms with van der Waals surface area (Å²) in [7, 11) is 0. The molecule has 24 heavy (non-hydrogen) atoms. The van der Waals surface area contributed by atoms with Crippen LogP contribution in [0.1, 0.15) is 50.4 Å². The zero-order chi connectivity index (χ0) is 17.9. The van der Waals surface area contributed by atoms with Crippen molar-refractivity contribution < 1.29 is 19.8 Å². The summed E-state index contributed by atoms with van der Waals surface area (Å²) in [6.45, 7) is 5.87. The molecule has 1 aliphatic carbocycles. The average molecular weight is 333 g/mol. The highest BCUT2D eigenvalue weighted by atomic mass is 16.3. The number of aromatic hydroxyl groups is 1. The SMILES string of the molecule is CC(C)[C@@H]1CC[C@@H](C)C[C@@]1(O)C(=O)NCC(=O)c1cccc(O)c1. The second-order valence-electron chi connectivity index (χ2n) is 7.32. The molecule has 1 fully saturated rings. The molecule has 2 rings (SSSR count). The molecule has 0 spiro atoms. The normalized spacial score (nSPS) is 27.0. The van der Waals surface area contributed by atoms with Gasteiger partial charge < -0.3 is 15.5 Å². The molecular formula is C19H27NO4. The van der Waals surface area contributed by atoms with Crippen molar-refractivity contribution in [2.75, 3.05) is 6.54 Å². The number of nitrogens with one attached hydrogen (secondary N) is 1. The fraction of sp³-hybridized carbons (Fsp3) is 0.579. The molecule has 1 aromatic carbocycles. The third-order valence-electron chi connectivity index (χ3n) is 5.02. The minimum Gasteiger partial charge on any atom is -0.508 e. The van der Waals surface area contributed by atoms with Gasteiger partial charge in [-0.15, -0.1) is 0 Å². The molecule has 5 nitrogen and oxygen atoms in total. The number of Topliss-reactive ketones (excluding diaryl/α,β-unsaturated/α-hetero) is 1. The minimum absolute atomic E-state index is 0.00628. The lowest BCUT2D eigenvalue weighted by molar-refractivity contribution is -0.155. The molecule has 0 bridgehead atoms. The Balaban J connectivity index is 2.05. The van der Waals surface area contributed by atoms with Gasteiger partial charge in [-0.05, 0) is 42.7 Å². The van der Waals surface area contributed by atoms with Crippen molar-refractivity contribution >= 4 is 11.7 Å². The van der Waals surface area contributed by atoms with Gasteiger partial charge in [0.25, 0.3) is 5.91 Å². The molecule has 0 heterocycles. The maximum atomic E-state index is 12.6. The smallest absolute Gasteiger partial charge is 0.252 e. The summed E-state index contributed by atoms with van der Waals surface area (Å²) in [4.78, 5) is 24.8. The summed E-state index contributed by atoms with van der Waals surface area (Å²) in [6.07, 6.45) is 2.23. The van der Waals surface area contributed by atoms with Crippen LogP contribution in [0.3, 0.4) is 0 Å². The van der Waals surface area contributed by atoms with Gasteiger partial charge >= 0.3 is 0 Å². The van der Waals surface area contributed by atoms with Crippen molar-refractivity contribution in [1.29, 1.82) is 0 Å².